The molecule has 29 heteroatoms. The van der Waals surface area contributed by atoms with Crippen LogP contribution in [-0.4, -0.2) is 189 Å². The van der Waals surface area contributed by atoms with E-state index in [0.29, 0.717) is 36.0 Å². The Hall–Kier alpha value is -7.50. The SMILES string of the molecule is CSCCC(NC(=O)[C@H](Cc1ccccc1)NC(=O)[C@@H]1CCCN1C(=O)[C@H](CC(N)=O)NC(=O)[C@H](C)NC(=O)[C@@H]1CCCN1C(=O)[C@H](Cc1ccc(O)cc1)NC(=O)[C@H](CC(C)C)NO)C(=O)N[C@@H](CCCN=C(N)N)C(=O)NC(C=O)CS. The minimum Gasteiger partial charge on any atom is -0.508 e. The van der Waals surface area contributed by atoms with Crippen LogP contribution in [0.4, 0.5) is 0 Å². The molecule has 16 N–H and O–H groups in total. The summed E-state index contributed by atoms with van der Waals surface area (Å²) in [6.45, 7) is 5.27. The predicted molar refractivity (Wildman–Crippen MR) is 315 cm³/mol. The number of nitrogens with zero attached hydrogens (tertiary/aromatic N) is 3. The third kappa shape index (κ3) is 21.9. The van der Waals surface area contributed by atoms with Gasteiger partial charge in [0.15, 0.2) is 5.96 Å². The van der Waals surface area contributed by atoms with E-state index in [2.05, 4.69) is 54.8 Å². The highest BCUT2D eigenvalue weighted by Crippen LogP contribution is 2.23. The number of aldehydes is 1. The first kappa shape index (κ1) is 69.0. The number of aromatic hydroxyl groups is 1. The van der Waals surface area contributed by atoms with E-state index in [4.69, 9.17) is 17.2 Å². The van der Waals surface area contributed by atoms with E-state index in [0.717, 1.165) is 4.90 Å². The van der Waals surface area contributed by atoms with Crippen LogP contribution in [0.25, 0.3) is 0 Å². The van der Waals surface area contributed by atoms with Crippen LogP contribution in [0.3, 0.4) is 0 Å². The molecule has 0 aromatic heterocycles. The summed E-state index contributed by atoms with van der Waals surface area (Å²) in [5.41, 5.74) is 19.7. The standard InChI is InChI=1S/C55H82N14O13S2/c1-31(2)25-40(67-82)50(77)66-41(27-34-16-18-36(71)19-17-34)53(80)68-22-9-14-43(68)51(78)60-32(3)46(73)65-42(28-45(56)72)54(81)69-23-10-15-44(69)52(79)64-39(26-33-11-6-5-7-12-33)49(76)63-38(20-24-84-4)48(75)62-37(13-8-21-59-55(57)58)47(74)61-35(29-70)30-83/h5-7,11-12,16-19,29,31-32,35,37-44,67,71,82-83H,8-10,13-15,20-28,30H2,1-4H3,(H2,56,72)(H,60,78)(H,61,74)(H,62,75)(H,63,76)(H,64,79)(H,65,73)(H,66,77)(H4,57,58,59)/t32-,35?,37-,38?,39-,40-,41-,42-,43-,44-/m0/s1. The molecule has 2 heterocycles. The van der Waals surface area contributed by atoms with Crippen molar-refractivity contribution in [3.63, 3.8) is 0 Å². The van der Waals surface area contributed by atoms with Crippen LogP contribution in [0, 0.1) is 5.92 Å². The highest BCUT2D eigenvalue weighted by molar-refractivity contribution is 7.98. The number of nitrogens with one attached hydrogen (secondary N) is 8. The summed E-state index contributed by atoms with van der Waals surface area (Å²) in [4.78, 5) is 157. The zero-order valence-electron chi connectivity index (χ0n) is 47.8. The Kier molecular flexibility index (Phi) is 28.7. The van der Waals surface area contributed by atoms with Crippen molar-refractivity contribution in [3.8, 4) is 5.75 Å². The van der Waals surface area contributed by atoms with Crippen molar-refractivity contribution in [1.82, 2.24) is 52.5 Å². The number of benzene rings is 2. The van der Waals surface area contributed by atoms with Gasteiger partial charge in [0.25, 0.3) is 0 Å². The smallest absolute Gasteiger partial charge is 0.246 e. The maximum absolute atomic E-state index is 14.4. The molecule has 0 saturated carbocycles. The van der Waals surface area contributed by atoms with E-state index in [1.807, 2.05) is 19.3 Å². The normalized spacial score (nSPS) is 17.6. The van der Waals surface area contributed by atoms with Crippen LogP contribution in [0.2, 0.25) is 0 Å². The molecule has 10 amide bonds. The van der Waals surface area contributed by atoms with Crippen LogP contribution in [-0.2, 0) is 65.6 Å². The summed E-state index contributed by atoms with van der Waals surface area (Å²) in [6, 6.07) is 2.36. The molecule has 27 nitrogen and oxygen atoms in total. The van der Waals surface area contributed by atoms with Crippen LogP contribution < -0.4 is 59.9 Å². The van der Waals surface area contributed by atoms with Crippen molar-refractivity contribution in [2.45, 2.75) is 152 Å². The largest absolute Gasteiger partial charge is 0.508 e. The number of amides is 10. The van der Waals surface area contributed by atoms with E-state index in [9.17, 15) is 63.1 Å². The van der Waals surface area contributed by atoms with Crippen LogP contribution in [0.1, 0.15) is 89.7 Å². The molecule has 2 saturated heterocycles. The van der Waals surface area contributed by atoms with Gasteiger partial charge in [-0.05, 0) is 99.5 Å². The van der Waals surface area contributed by atoms with Gasteiger partial charge in [0.05, 0.1) is 12.5 Å². The lowest BCUT2D eigenvalue weighted by Crippen LogP contribution is -2.60. The number of hydroxylamine groups is 1. The lowest BCUT2D eigenvalue weighted by atomic mass is 10.0. The number of thioether (sulfide) groups is 1. The monoisotopic (exact) mass is 1210 g/mol. The van der Waals surface area contributed by atoms with E-state index in [1.54, 1.807) is 48.7 Å². The summed E-state index contributed by atoms with van der Waals surface area (Å²) in [5.74, 6) is -7.56. The van der Waals surface area contributed by atoms with Crippen molar-refractivity contribution in [2.75, 3.05) is 37.4 Å². The Balaban J connectivity index is 1.50. The van der Waals surface area contributed by atoms with Gasteiger partial charge in [0.2, 0.25) is 59.1 Å². The fourth-order valence-electron chi connectivity index (χ4n) is 9.66. The van der Waals surface area contributed by atoms with Crippen molar-refractivity contribution >= 4 is 95.7 Å². The van der Waals surface area contributed by atoms with Gasteiger partial charge in [0.1, 0.15) is 66.4 Å². The van der Waals surface area contributed by atoms with Gasteiger partial charge in [-0.2, -0.15) is 29.9 Å². The summed E-state index contributed by atoms with van der Waals surface area (Å²) < 4.78 is 0. The maximum Gasteiger partial charge on any atom is 0.246 e. The Morgan fingerprint density at radius 2 is 1.18 bits per heavy atom. The van der Waals surface area contributed by atoms with Crippen molar-refractivity contribution < 1.29 is 63.1 Å². The minimum absolute atomic E-state index is 0.00224. The molecule has 10 atom stereocenters. The zero-order chi connectivity index (χ0) is 62.0. The van der Waals surface area contributed by atoms with Crippen LogP contribution >= 0.6 is 24.4 Å². The van der Waals surface area contributed by atoms with E-state index in [1.165, 1.54) is 35.7 Å². The van der Waals surface area contributed by atoms with Gasteiger partial charge in [-0.1, -0.05) is 56.3 Å². The van der Waals surface area contributed by atoms with Gasteiger partial charge in [-0.25, -0.2) is 0 Å². The Morgan fingerprint density at radius 1 is 0.667 bits per heavy atom. The summed E-state index contributed by atoms with van der Waals surface area (Å²) in [5, 5.41) is 38.2. The number of carbonyl (C=O) groups is 11. The molecule has 0 bridgehead atoms. The number of phenols is 1. The topological polar surface area (TPSA) is 421 Å². The zero-order valence-corrected chi connectivity index (χ0v) is 49.5. The molecule has 2 unspecified atom stereocenters. The van der Waals surface area contributed by atoms with Crippen molar-refractivity contribution in [2.24, 2.45) is 28.1 Å². The number of hydrogen-bond acceptors (Lipinski definition) is 17. The number of aliphatic imine (C=N–C) groups is 1. The number of thiol groups is 1. The highest BCUT2D eigenvalue weighted by Gasteiger charge is 2.42. The number of carbonyl (C=O) groups excluding carboxylic acids is 11. The second kappa shape index (κ2) is 34.9. The third-order valence-corrected chi connectivity index (χ3v) is 15.1. The van der Waals surface area contributed by atoms with Gasteiger partial charge < -0.3 is 79.3 Å². The molecule has 2 aromatic rings. The number of phenolic OH excluding ortho intramolecular Hbond substituents is 1. The highest BCUT2D eigenvalue weighted by atomic mass is 32.2. The van der Waals surface area contributed by atoms with Gasteiger partial charge >= 0.3 is 0 Å². The first-order valence-electron chi connectivity index (χ1n) is 27.8. The number of hydrogen-bond donors (Lipinski definition) is 14. The molecule has 2 aliphatic heterocycles. The average molecular weight is 1210 g/mol. The number of rotatable bonds is 34. The molecular weight excluding hydrogens is 1130 g/mol. The number of primary amides is 1. The molecule has 2 aromatic carbocycles. The maximum atomic E-state index is 14.4. The molecule has 4 rings (SSSR count). The Labute approximate surface area is 498 Å². The first-order chi connectivity index (χ1) is 40.0. The summed E-state index contributed by atoms with van der Waals surface area (Å²) >= 11 is 5.48. The molecule has 462 valence electrons. The van der Waals surface area contributed by atoms with Gasteiger partial charge in [0, 0.05) is 38.2 Å². The summed E-state index contributed by atoms with van der Waals surface area (Å²) in [6.07, 6.45) is 3.09. The number of nitrogens with two attached hydrogens (primary N) is 3. The van der Waals surface area contributed by atoms with Gasteiger partial charge in [-0.3, -0.25) is 52.9 Å². The average Bonchev–Trinajstić information content (AvgIpc) is 3.57. The quantitative estimate of drug-likeness (QED) is 0.00881. The summed E-state index contributed by atoms with van der Waals surface area (Å²) in [7, 11) is 0. The molecule has 2 fully saturated rings. The fourth-order valence-corrected chi connectivity index (χ4v) is 10.3. The molecule has 2 aliphatic rings. The Morgan fingerprint density at radius 3 is 1.73 bits per heavy atom. The second-order valence-electron chi connectivity index (χ2n) is 21.1. The molecule has 0 radical (unpaired) electrons. The fraction of sp³-hybridized carbons (Fsp3) is 0.564. The molecular formula is C55H82N14O13S2. The lowest BCUT2D eigenvalue weighted by Gasteiger charge is -2.31. The molecule has 0 spiro atoms. The van der Waals surface area contributed by atoms with Gasteiger partial charge in [-0.15, -0.1) is 0 Å². The Bertz CT molecular complexity index is 2620. The molecule has 0 aliphatic carbocycles. The predicted octanol–water partition coefficient (Wildman–Crippen LogP) is -2.22. The van der Waals surface area contributed by atoms with Crippen LogP contribution in [0.5, 0.6) is 5.75 Å². The van der Waals surface area contributed by atoms with E-state index >= 15 is 0 Å². The third-order valence-electron chi connectivity index (χ3n) is 14.0. The minimum atomic E-state index is -1.62. The number of likely N-dealkylation sites (tertiary alicyclic amines) is 2. The van der Waals surface area contributed by atoms with E-state index in [-0.39, 0.29) is 94.4 Å². The van der Waals surface area contributed by atoms with Crippen LogP contribution in [0.15, 0.2) is 59.6 Å². The number of guanidine groups is 1. The van der Waals surface area contributed by atoms with Crippen molar-refractivity contribution in [1.29, 1.82) is 0 Å². The first-order valence-corrected chi connectivity index (χ1v) is 29.9. The molecule has 84 heavy (non-hydrogen) atoms. The lowest BCUT2D eigenvalue weighted by molar-refractivity contribution is -0.144. The van der Waals surface area contributed by atoms with Crippen molar-refractivity contribution in [3.05, 3.63) is 65.7 Å². The van der Waals surface area contributed by atoms with E-state index < -0.39 is 126 Å². The second-order valence-corrected chi connectivity index (χ2v) is 22.5.